The lowest BCUT2D eigenvalue weighted by Gasteiger charge is -2.55. The molecule has 2 atom stereocenters. The maximum atomic E-state index is 12.6. The van der Waals surface area contributed by atoms with Crippen LogP contribution in [0.25, 0.3) is 0 Å². The Morgan fingerprint density at radius 1 is 0.895 bits per heavy atom. The van der Waals surface area contributed by atoms with Crippen molar-refractivity contribution in [2.75, 3.05) is 51.2 Å². The number of benzene rings is 2. The third kappa shape index (κ3) is 5.71. The van der Waals surface area contributed by atoms with Crippen LogP contribution in [-0.4, -0.2) is 84.6 Å². The van der Waals surface area contributed by atoms with E-state index in [9.17, 15) is 4.79 Å². The van der Waals surface area contributed by atoms with Crippen LogP contribution in [0.1, 0.15) is 56.7 Å². The number of amides is 1. The van der Waals surface area contributed by atoms with Gasteiger partial charge in [0, 0.05) is 55.5 Å². The van der Waals surface area contributed by atoms with Crippen molar-refractivity contribution in [1.82, 2.24) is 14.7 Å². The van der Waals surface area contributed by atoms with Gasteiger partial charge in [-0.2, -0.15) is 0 Å². The number of likely N-dealkylation sites (tertiary alicyclic amines) is 2. The van der Waals surface area contributed by atoms with Gasteiger partial charge in [0.05, 0.1) is 12.0 Å². The number of ether oxygens (including phenoxy) is 1. The predicted octanol–water partition coefficient (Wildman–Crippen LogP) is 5.72. The molecular weight excluding hydrogens is 542 g/mol. The first kappa shape index (κ1) is 27.0. The smallest absolute Gasteiger partial charge is 0.410 e. The molecular formula is C30H40BrN5O2. The molecule has 1 N–H and O–H groups in total. The molecule has 0 radical (unpaired) electrons. The molecule has 5 rings (SSSR count). The zero-order chi connectivity index (χ0) is 27.0. The lowest BCUT2D eigenvalue weighted by atomic mass is 9.75. The number of nitrogens with zero attached hydrogens (tertiary/aromatic N) is 4. The average molecular weight is 583 g/mol. The normalized spacial score (nSPS) is 23.4. The van der Waals surface area contributed by atoms with Gasteiger partial charge in [0.1, 0.15) is 11.4 Å². The highest BCUT2D eigenvalue weighted by atomic mass is 79.9. The Balaban J connectivity index is 1.32. The molecule has 0 saturated carbocycles. The standard InChI is InChI=1S/C30H40BrN5O2/c1-30(2,3)38-29(37)35-15-13-25(14-16-35)36-27(22-5-9-23(31)10-6-22)26(28(36)32)21-7-11-24(12-8-21)34-19-17-33(4)18-20-34/h5-12,25-27,32H,13-20H2,1-4H3. The number of carbonyl (C=O) groups is 1. The minimum atomic E-state index is -0.493. The zero-order valence-electron chi connectivity index (χ0n) is 23.0. The summed E-state index contributed by atoms with van der Waals surface area (Å²) in [5, 5.41) is 9.16. The Labute approximate surface area is 235 Å². The molecule has 7 nitrogen and oxygen atoms in total. The summed E-state index contributed by atoms with van der Waals surface area (Å²) in [6.45, 7) is 11.3. The topological polar surface area (TPSA) is 63.1 Å². The number of likely N-dealkylation sites (N-methyl/N-ethyl adjacent to an activating group) is 1. The van der Waals surface area contributed by atoms with E-state index >= 15 is 0 Å². The molecule has 38 heavy (non-hydrogen) atoms. The summed E-state index contributed by atoms with van der Waals surface area (Å²) < 4.78 is 6.65. The van der Waals surface area contributed by atoms with Crippen molar-refractivity contribution < 1.29 is 9.53 Å². The Morgan fingerprint density at radius 3 is 2.05 bits per heavy atom. The van der Waals surface area contributed by atoms with Crippen LogP contribution in [-0.2, 0) is 4.74 Å². The summed E-state index contributed by atoms with van der Waals surface area (Å²) in [4.78, 5) is 21.5. The highest BCUT2D eigenvalue weighted by molar-refractivity contribution is 9.10. The van der Waals surface area contributed by atoms with E-state index in [4.69, 9.17) is 10.1 Å². The van der Waals surface area contributed by atoms with Gasteiger partial charge in [0.25, 0.3) is 0 Å². The Hall–Kier alpha value is -2.58. The minimum Gasteiger partial charge on any atom is -0.444 e. The number of rotatable bonds is 4. The van der Waals surface area contributed by atoms with Crippen LogP contribution in [0.2, 0.25) is 0 Å². The fraction of sp³-hybridized carbons (Fsp3) is 0.533. The molecule has 2 aromatic rings. The number of hydrogen-bond acceptors (Lipinski definition) is 5. The fourth-order valence-electron chi connectivity index (χ4n) is 5.93. The monoisotopic (exact) mass is 581 g/mol. The third-order valence-electron chi connectivity index (χ3n) is 8.03. The molecule has 8 heteroatoms. The molecule has 0 bridgehead atoms. The molecule has 204 valence electrons. The van der Waals surface area contributed by atoms with Crippen LogP contribution in [0.5, 0.6) is 0 Å². The summed E-state index contributed by atoms with van der Waals surface area (Å²) in [6, 6.07) is 17.8. The minimum absolute atomic E-state index is 0.0293. The molecule has 1 amide bonds. The maximum absolute atomic E-state index is 12.6. The van der Waals surface area contributed by atoms with Gasteiger partial charge in [-0.1, -0.05) is 40.2 Å². The number of halogens is 1. The largest absolute Gasteiger partial charge is 0.444 e. The number of nitrogens with one attached hydrogen (secondary N) is 1. The van der Waals surface area contributed by atoms with Crippen molar-refractivity contribution in [3.05, 3.63) is 64.1 Å². The molecule has 3 heterocycles. The molecule has 3 aliphatic heterocycles. The van der Waals surface area contributed by atoms with Crippen LogP contribution >= 0.6 is 15.9 Å². The fourth-order valence-corrected chi connectivity index (χ4v) is 6.19. The Bertz CT molecular complexity index is 1130. The number of hydrogen-bond donors (Lipinski definition) is 1. The van der Waals surface area contributed by atoms with E-state index in [2.05, 4.69) is 86.2 Å². The van der Waals surface area contributed by atoms with Gasteiger partial charge in [-0.05, 0) is 76.1 Å². The number of amidine groups is 1. The van der Waals surface area contributed by atoms with Crippen molar-refractivity contribution in [2.45, 2.75) is 57.2 Å². The first-order valence-electron chi connectivity index (χ1n) is 13.7. The van der Waals surface area contributed by atoms with Gasteiger partial charge in [0.15, 0.2) is 0 Å². The lowest BCUT2D eigenvalue weighted by Crippen LogP contribution is -2.60. The van der Waals surface area contributed by atoms with E-state index in [1.165, 1.54) is 16.8 Å². The van der Waals surface area contributed by atoms with E-state index in [1.54, 1.807) is 0 Å². The molecule has 0 aromatic heterocycles. The highest BCUT2D eigenvalue weighted by Crippen LogP contribution is 2.49. The van der Waals surface area contributed by atoms with Gasteiger partial charge < -0.3 is 24.3 Å². The summed E-state index contributed by atoms with van der Waals surface area (Å²) >= 11 is 3.58. The number of piperidine rings is 1. The number of anilines is 1. The lowest BCUT2D eigenvalue weighted by molar-refractivity contribution is 0.0132. The van der Waals surface area contributed by atoms with E-state index in [1.807, 2.05) is 25.7 Å². The zero-order valence-corrected chi connectivity index (χ0v) is 24.6. The van der Waals surface area contributed by atoms with Crippen LogP contribution in [0.4, 0.5) is 10.5 Å². The van der Waals surface area contributed by atoms with Gasteiger partial charge in [0.2, 0.25) is 0 Å². The van der Waals surface area contributed by atoms with Gasteiger partial charge in [-0.25, -0.2) is 4.79 Å². The second kappa shape index (κ2) is 10.9. The molecule has 0 spiro atoms. The van der Waals surface area contributed by atoms with Crippen molar-refractivity contribution >= 4 is 33.5 Å². The highest BCUT2D eigenvalue weighted by Gasteiger charge is 2.49. The van der Waals surface area contributed by atoms with E-state index < -0.39 is 5.60 Å². The second-order valence-electron chi connectivity index (χ2n) is 11.8. The number of carbonyl (C=O) groups excluding carboxylic acids is 1. The van der Waals surface area contributed by atoms with E-state index in [0.29, 0.717) is 18.9 Å². The summed E-state index contributed by atoms with van der Waals surface area (Å²) in [7, 11) is 2.18. The first-order valence-corrected chi connectivity index (χ1v) is 14.5. The van der Waals surface area contributed by atoms with Crippen molar-refractivity contribution in [2.24, 2.45) is 0 Å². The molecule has 3 saturated heterocycles. The molecule has 2 unspecified atom stereocenters. The van der Waals surface area contributed by atoms with Crippen LogP contribution in [0.3, 0.4) is 0 Å². The second-order valence-corrected chi connectivity index (χ2v) is 12.8. The van der Waals surface area contributed by atoms with Gasteiger partial charge in [-0.15, -0.1) is 0 Å². The molecule has 3 aliphatic rings. The summed E-state index contributed by atoms with van der Waals surface area (Å²) in [6.07, 6.45) is 1.44. The van der Waals surface area contributed by atoms with Crippen molar-refractivity contribution in [3.8, 4) is 0 Å². The van der Waals surface area contributed by atoms with Crippen LogP contribution in [0, 0.1) is 5.41 Å². The maximum Gasteiger partial charge on any atom is 0.410 e. The predicted molar refractivity (Wildman–Crippen MR) is 156 cm³/mol. The van der Waals surface area contributed by atoms with Gasteiger partial charge in [-0.3, -0.25) is 5.41 Å². The molecule has 2 aromatic carbocycles. The Kier molecular flexibility index (Phi) is 7.74. The Morgan fingerprint density at radius 2 is 1.47 bits per heavy atom. The molecule has 3 fully saturated rings. The average Bonchev–Trinajstić information content (AvgIpc) is 2.88. The van der Waals surface area contributed by atoms with E-state index in [0.717, 1.165) is 43.5 Å². The van der Waals surface area contributed by atoms with E-state index in [-0.39, 0.29) is 24.1 Å². The van der Waals surface area contributed by atoms with Crippen LogP contribution < -0.4 is 4.90 Å². The third-order valence-corrected chi connectivity index (χ3v) is 8.56. The SMILES string of the molecule is CN1CCN(c2ccc(C3C(=N)N(C4CCN(C(=O)OC(C)(C)C)CC4)C3c3ccc(Br)cc3)cc2)CC1. The van der Waals surface area contributed by atoms with Gasteiger partial charge >= 0.3 is 6.09 Å². The summed E-state index contributed by atoms with van der Waals surface area (Å²) in [5.74, 6) is 0.711. The first-order chi connectivity index (χ1) is 18.1. The summed E-state index contributed by atoms with van der Waals surface area (Å²) in [5.41, 5.74) is 3.20. The number of piperazine rings is 1. The van der Waals surface area contributed by atoms with Crippen molar-refractivity contribution in [3.63, 3.8) is 0 Å². The van der Waals surface area contributed by atoms with Crippen molar-refractivity contribution in [1.29, 1.82) is 5.41 Å². The molecule has 0 aliphatic carbocycles. The quantitative estimate of drug-likeness (QED) is 0.500. The van der Waals surface area contributed by atoms with Crippen LogP contribution in [0.15, 0.2) is 53.0 Å².